The average molecular weight is 569 g/mol. The first-order valence-electron chi connectivity index (χ1n) is 14.9. The van der Waals surface area contributed by atoms with Gasteiger partial charge >= 0.3 is 6.09 Å². The minimum Gasteiger partial charge on any atom is -0.444 e. The van der Waals surface area contributed by atoms with E-state index in [4.69, 9.17) is 4.74 Å². The van der Waals surface area contributed by atoms with E-state index in [2.05, 4.69) is 40.2 Å². The number of benzene rings is 1. The predicted octanol–water partition coefficient (Wildman–Crippen LogP) is 6.59. The molecule has 4 aromatic rings. The SMILES string of the molecule is Cc1c[nH]c2ncc(-c3cc4c(c(C5CCCN5C(=O)OC(C)(C)C)c3)CN(C(=O)c3cnn(C(C)C)c3)CC4)cc12. The number of likely N-dealkylation sites (tertiary alicyclic amines) is 1. The van der Waals surface area contributed by atoms with Gasteiger partial charge in [-0.25, -0.2) is 9.78 Å². The quantitative estimate of drug-likeness (QED) is 0.300. The van der Waals surface area contributed by atoms with Crippen LogP contribution in [-0.2, 0) is 17.7 Å². The molecule has 0 aliphatic carbocycles. The zero-order valence-corrected chi connectivity index (χ0v) is 25.4. The van der Waals surface area contributed by atoms with Crippen molar-refractivity contribution in [1.29, 1.82) is 0 Å². The fourth-order valence-electron chi connectivity index (χ4n) is 6.17. The van der Waals surface area contributed by atoms with E-state index < -0.39 is 5.60 Å². The maximum atomic E-state index is 13.6. The lowest BCUT2D eigenvalue weighted by molar-refractivity contribution is 0.0222. The maximum absolute atomic E-state index is 13.6. The first-order chi connectivity index (χ1) is 20.0. The molecule has 2 aliphatic rings. The van der Waals surface area contributed by atoms with E-state index in [9.17, 15) is 9.59 Å². The van der Waals surface area contributed by atoms with Crippen molar-refractivity contribution in [1.82, 2.24) is 29.5 Å². The standard InChI is InChI=1S/C33H40N6O3/c1-20(2)39-18-25(17-36-39)31(40)37-11-9-22-12-23(24-14-26-21(3)15-34-30(26)35-16-24)13-27(28(22)19-37)29-8-7-10-38(29)32(41)42-33(4,5)6/h12-18,20,29H,7-11,19H2,1-6H3,(H,34,35). The highest BCUT2D eigenvalue weighted by molar-refractivity contribution is 5.94. The van der Waals surface area contributed by atoms with Crippen LogP contribution in [0, 0.1) is 6.92 Å². The first-order valence-corrected chi connectivity index (χ1v) is 14.9. The molecule has 0 spiro atoms. The van der Waals surface area contributed by atoms with E-state index in [-0.39, 0.29) is 24.1 Å². The first kappa shape index (κ1) is 28.0. The van der Waals surface area contributed by atoms with Crippen LogP contribution >= 0.6 is 0 Å². The van der Waals surface area contributed by atoms with Gasteiger partial charge in [0.1, 0.15) is 11.2 Å². The molecular formula is C33H40N6O3. The van der Waals surface area contributed by atoms with Gasteiger partial charge in [-0.15, -0.1) is 0 Å². The molecule has 42 heavy (non-hydrogen) atoms. The largest absolute Gasteiger partial charge is 0.444 e. The van der Waals surface area contributed by atoms with E-state index in [1.54, 1.807) is 6.20 Å². The second-order valence-corrected chi connectivity index (χ2v) is 12.9. The smallest absolute Gasteiger partial charge is 0.410 e. The Balaban J connectivity index is 1.41. The zero-order chi connectivity index (χ0) is 29.8. The molecule has 1 unspecified atom stereocenters. The number of carbonyl (C=O) groups excluding carboxylic acids is 2. The molecule has 0 radical (unpaired) electrons. The molecule has 2 amide bonds. The molecule has 6 rings (SSSR count). The van der Waals surface area contributed by atoms with Crippen LogP contribution in [0.4, 0.5) is 4.79 Å². The summed E-state index contributed by atoms with van der Waals surface area (Å²) in [6.07, 6.45) is 9.57. The lowest BCUT2D eigenvalue weighted by atomic mass is 9.86. The van der Waals surface area contributed by atoms with Gasteiger partial charge in [-0.3, -0.25) is 9.48 Å². The van der Waals surface area contributed by atoms with Crippen molar-refractivity contribution in [3.8, 4) is 11.1 Å². The number of hydrogen-bond donors (Lipinski definition) is 1. The Labute approximate surface area is 246 Å². The molecule has 1 atom stereocenters. The zero-order valence-electron chi connectivity index (χ0n) is 25.4. The molecule has 5 heterocycles. The van der Waals surface area contributed by atoms with E-state index in [1.807, 2.05) is 67.7 Å². The number of aryl methyl sites for hydroxylation is 1. The highest BCUT2D eigenvalue weighted by Crippen LogP contribution is 2.40. The Hall–Kier alpha value is -4.14. The number of amides is 2. The molecule has 0 bridgehead atoms. The Morgan fingerprint density at radius 1 is 1.10 bits per heavy atom. The predicted molar refractivity (Wildman–Crippen MR) is 162 cm³/mol. The van der Waals surface area contributed by atoms with Gasteiger partial charge in [0.15, 0.2) is 0 Å². The molecular weight excluding hydrogens is 528 g/mol. The molecule has 9 heteroatoms. The van der Waals surface area contributed by atoms with Crippen molar-refractivity contribution in [2.24, 2.45) is 0 Å². The Bertz CT molecular complexity index is 1660. The number of H-pyrrole nitrogens is 1. The number of nitrogens with zero attached hydrogens (tertiary/aromatic N) is 5. The van der Waals surface area contributed by atoms with Crippen LogP contribution in [0.15, 0.2) is 43.0 Å². The highest BCUT2D eigenvalue weighted by Gasteiger charge is 2.36. The Kier molecular flexibility index (Phi) is 7.07. The second kappa shape index (κ2) is 10.6. The van der Waals surface area contributed by atoms with Crippen molar-refractivity contribution < 1.29 is 14.3 Å². The van der Waals surface area contributed by atoms with Crippen LogP contribution < -0.4 is 0 Å². The van der Waals surface area contributed by atoms with Crippen molar-refractivity contribution >= 4 is 23.0 Å². The summed E-state index contributed by atoms with van der Waals surface area (Å²) >= 11 is 0. The molecule has 1 saturated heterocycles. The van der Waals surface area contributed by atoms with Gasteiger partial charge in [0.25, 0.3) is 5.91 Å². The van der Waals surface area contributed by atoms with E-state index in [1.165, 1.54) is 5.56 Å². The summed E-state index contributed by atoms with van der Waals surface area (Å²) in [4.78, 5) is 38.7. The summed E-state index contributed by atoms with van der Waals surface area (Å²) < 4.78 is 7.64. The summed E-state index contributed by atoms with van der Waals surface area (Å²) in [6, 6.07) is 6.70. The van der Waals surface area contributed by atoms with Crippen molar-refractivity contribution in [3.05, 3.63) is 70.8 Å². The monoisotopic (exact) mass is 568 g/mol. The lowest BCUT2D eigenvalue weighted by Crippen LogP contribution is -2.39. The van der Waals surface area contributed by atoms with Crippen molar-refractivity contribution in [3.63, 3.8) is 0 Å². The van der Waals surface area contributed by atoms with Crippen LogP contribution in [0.3, 0.4) is 0 Å². The van der Waals surface area contributed by atoms with E-state index in [0.717, 1.165) is 58.1 Å². The fraction of sp³-hybridized carbons (Fsp3) is 0.455. The van der Waals surface area contributed by atoms with E-state index in [0.29, 0.717) is 25.2 Å². The summed E-state index contributed by atoms with van der Waals surface area (Å²) in [6.45, 7) is 13.6. The maximum Gasteiger partial charge on any atom is 0.410 e. The van der Waals surface area contributed by atoms with Crippen molar-refractivity contribution in [2.75, 3.05) is 13.1 Å². The normalized spacial score (nSPS) is 17.3. The topological polar surface area (TPSA) is 96.3 Å². The molecule has 0 saturated carbocycles. The van der Waals surface area contributed by atoms with Gasteiger partial charge < -0.3 is 19.5 Å². The van der Waals surface area contributed by atoms with Crippen LogP contribution in [0.1, 0.15) is 92.2 Å². The third-order valence-electron chi connectivity index (χ3n) is 8.35. The van der Waals surface area contributed by atoms with Crippen LogP contribution in [0.5, 0.6) is 0 Å². The Morgan fingerprint density at radius 2 is 1.90 bits per heavy atom. The minimum absolute atomic E-state index is 0.0180. The number of nitrogens with one attached hydrogen (secondary N) is 1. The third-order valence-corrected chi connectivity index (χ3v) is 8.35. The Morgan fingerprint density at radius 3 is 2.64 bits per heavy atom. The van der Waals surface area contributed by atoms with Gasteiger partial charge in [-0.2, -0.15) is 5.10 Å². The number of ether oxygens (including phenoxy) is 1. The molecule has 1 fully saturated rings. The summed E-state index contributed by atoms with van der Waals surface area (Å²) in [5.41, 5.74) is 7.59. The number of pyridine rings is 1. The number of rotatable bonds is 4. The number of carbonyl (C=O) groups is 2. The fourth-order valence-corrected chi connectivity index (χ4v) is 6.17. The second-order valence-electron chi connectivity index (χ2n) is 12.9. The minimum atomic E-state index is -0.579. The average Bonchev–Trinajstić information content (AvgIpc) is 3.71. The number of aromatic nitrogens is 4. The number of hydrogen-bond acceptors (Lipinski definition) is 5. The van der Waals surface area contributed by atoms with Gasteiger partial charge in [0.2, 0.25) is 0 Å². The van der Waals surface area contributed by atoms with Gasteiger partial charge in [0.05, 0.1) is 17.8 Å². The van der Waals surface area contributed by atoms with Crippen molar-refractivity contribution in [2.45, 2.75) is 85.0 Å². The third kappa shape index (κ3) is 5.28. The molecule has 2 aliphatic heterocycles. The number of aromatic amines is 1. The number of fused-ring (bicyclic) bond motifs is 2. The molecule has 3 aromatic heterocycles. The van der Waals surface area contributed by atoms with E-state index >= 15 is 0 Å². The van der Waals surface area contributed by atoms with Gasteiger partial charge in [-0.1, -0.05) is 6.07 Å². The molecule has 1 aromatic carbocycles. The summed E-state index contributed by atoms with van der Waals surface area (Å²) in [5.74, 6) is -0.0180. The summed E-state index contributed by atoms with van der Waals surface area (Å²) in [7, 11) is 0. The van der Waals surface area contributed by atoms with Gasteiger partial charge in [-0.05, 0) is 101 Å². The highest BCUT2D eigenvalue weighted by atomic mass is 16.6. The molecule has 9 nitrogen and oxygen atoms in total. The lowest BCUT2D eigenvalue weighted by Gasteiger charge is -2.34. The molecule has 1 N–H and O–H groups in total. The molecule has 220 valence electrons. The van der Waals surface area contributed by atoms with Crippen LogP contribution in [0.2, 0.25) is 0 Å². The van der Waals surface area contributed by atoms with Gasteiger partial charge in [0, 0.05) is 55.2 Å². The summed E-state index contributed by atoms with van der Waals surface area (Å²) in [5, 5.41) is 5.49. The van der Waals surface area contributed by atoms with Crippen LogP contribution in [-0.4, -0.2) is 60.2 Å². The van der Waals surface area contributed by atoms with Crippen LogP contribution in [0.25, 0.3) is 22.2 Å².